The fourth-order valence-electron chi connectivity index (χ4n) is 1.28. The number of aromatic nitrogens is 1. The minimum atomic E-state index is 0.421. The summed E-state index contributed by atoms with van der Waals surface area (Å²) in [6, 6.07) is 3.65. The SMILES string of the molecule is COCCCOCCOc1ccnc(CN)c1. The van der Waals surface area contributed by atoms with Gasteiger partial charge in [0.15, 0.2) is 0 Å². The molecular weight excluding hydrogens is 220 g/mol. The zero-order chi connectivity index (χ0) is 12.3. The molecule has 1 heterocycles. The summed E-state index contributed by atoms with van der Waals surface area (Å²) in [6.07, 6.45) is 2.60. The van der Waals surface area contributed by atoms with Crippen molar-refractivity contribution in [2.24, 2.45) is 5.73 Å². The summed E-state index contributed by atoms with van der Waals surface area (Å²) in [5, 5.41) is 0. The quantitative estimate of drug-likeness (QED) is 0.651. The van der Waals surface area contributed by atoms with Crippen LogP contribution in [-0.4, -0.2) is 38.5 Å². The standard InChI is InChI=1S/C12H20N2O3/c1-15-5-2-6-16-7-8-17-12-3-4-14-11(9-12)10-13/h3-4,9H,2,5-8,10,13H2,1H3. The van der Waals surface area contributed by atoms with Gasteiger partial charge >= 0.3 is 0 Å². The van der Waals surface area contributed by atoms with E-state index in [2.05, 4.69) is 4.98 Å². The largest absolute Gasteiger partial charge is 0.491 e. The van der Waals surface area contributed by atoms with Crippen LogP contribution in [0, 0.1) is 0 Å². The van der Waals surface area contributed by atoms with Crippen molar-refractivity contribution < 1.29 is 14.2 Å². The van der Waals surface area contributed by atoms with Gasteiger partial charge in [-0.05, 0) is 12.5 Å². The highest BCUT2D eigenvalue weighted by Gasteiger charge is 1.96. The Labute approximate surface area is 102 Å². The van der Waals surface area contributed by atoms with Crippen LogP contribution < -0.4 is 10.5 Å². The van der Waals surface area contributed by atoms with Gasteiger partial charge in [0.05, 0.1) is 12.3 Å². The Morgan fingerprint density at radius 1 is 1.24 bits per heavy atom. The van der Waals surface area contributed by atoms with Crippen molar-refractivity contribution in [3.8, 4) is 5.75 Å². The molecule has 0 aromatic carbocycles. The molecule has 0 bridgehead atoms. The number of nitrogens with zero attached hydrogens (tertiary/aromatic N) is 1. The first-order valence-corrected chi connectivity index (χ1v) is 5.71. The molecule has 0 aliphatic carbocycles. The summed E-state index contributed by atoms with van der Waals surface area (Å²) in [4.78, 5) is 4.09. The topological polar surface area (TPSA) is 66.6 Å². The highest BCUT2D eigenvalue weighted by atomic mass is 16.5. The predicted molar refractivity (Wildman–Crippen MR) is 64.9 cm³/mol. The molecule has 5 heteroatoms. The predicted octanol–water partition coefficient (Wildman–Crippen LogP) is 0.972. The van der Waals surface area contributed by atoms with Gasteiger partial charge in [-0.15, -0.1) is 0 Å². The van der Waals surface area contributed by atoms with Crippen molar-refractivity contribution in [1.29, 1.82) is 0 Å². The van der Waals surface area contributed by atoms with Crippen molar-refractivity contribution in [2.75, 3.05) is 33.5 Å². The molecule has 0 spiro atoms. The van der Waals surface area contributed by atoms with E-state index in [1.807, 2.05) is 12.1 Å². The molecule has 0 unspecified atom stereocenters. The maximum absolute atomic E-state index is 5.50. The maximum Gasteiger partial charge on any atom is 0.122 e. The Morgan fingerprint density at radius 2 is 2.12 bits per heavy atom. The highest BCUT2D eigenvalue weighted by molar-refractivity contribution is 5.22. The van der Waals surface area contributed by atoms with Gasteiger partial charge in [-0.1, -0.05) is 0 Å². The molecule has 0 fully saturated rings. The Morgan fingerprint density at radius 3 is 2.88 bits per heavy atom. The van der Waals surface area contributed by atoms with Gasteiger partial charge < -0.3 is 19.9 Å². The lowest BCUT2D eigenvalue weighted by atomic mass is 10.3. The molecule has 2 N–H and O–H groups in total. The lowest BCUT2D eigenvalue weighted by molar-refractivity contribution is 0.0806. The molecule has 1 rings (SSSR count). The van der Waals surface area contributed by atoms with Crippen LogP contribution in [0.4, 0.5) is 0 Å². The third kappa shape index (κ3) is 6.21. The number of pyridine rings is 1. The summed E-state index contributed by atoms with van der Waals surface area (Å²) in [5.74, 6) is 0.779. The van der Waals surface area contributed by atoms with Crippen molar-refractivity contribution in [1.82, 2.24) is 4.98 Å². The van der Waals surface area contributed by atoms with Crippen LogP contribution in [-0.2, 0) is 16.0 Å². The van der Waals surface area contributed by atoms with Crippen molar-refractivity contribution in [3.63, 3.8) is 0 Å². The van der Waals surface area contributed by atoms with Gasteiger partial charge in [0.1, 0.15) is 12.4 Å². The molecule has 0 aliphatic rings. The van der Waals surface area contributed by atoms with Gasteiger partial charge in [0, 0.05) is 39.1 Å². The van der Waals surface area contributed by atoms with Crippen LogP contribution >= 0.6 is 0 Å². The molecule has 0 aliphatic heterocycles. The van der Waals surface area contributed by atoms with E-state index in [9.17, 15) is 0 Å². The fourth-order valence-corrected chi connectivity index (χ4v) is 1.28. The zero-order valence-corrected chi connectivity index (χ0v) is 10.2. The Bertz CT molecular complexity index is 308. The Kier molecular flexibility index (Phi) is 7.29. The molecule has 0 saturated carbocycles. The third-order valence-corrected chi connectivity index (χ3v) is 2.13. The molecule has 17 heavy (non-hydrogen) atoms. The molecular formula is C12H20N2O3. The Hall–Kier alpha value is -1.17. The zero-order valence-electron chi connectivity index (χ0n) is 10.2. The number of nitrogens with two attached hydrogens (primary N) is 1. The number of hydrogen-bond donors (Lipinski definition) is 1. The van der Waals surface area contributed by atoms with Crippen LogP contribution in [0.15, 0.2) is 18.3 Å². The lowest BCUT2D eigenvalue weighted by Gasteiger charge is -2.07. The monoisotopic (exact) mass is 240 g/mol. The first-order chi connectivity index (χ1) is 8.36. The van der Waals surface area contributed by atoms with E-state index in [4.69, 9.17) is 19.9 Å². The number of hydrogen-bond acceptors (Lipinski definition) is 5. The van der Waals surface area contributed by atoms with E-state index in [0.717, 1.165) is 24.5 Å². The molecule has 5 nitrogen and oxygen atoms in total. The van der Waals surface area contributed by atoms with E-state index < -0.39 is 0 Å². The molecule has 0 atom stereocenters. The van der Waals surface area contributed by atoms with Gasteiger partial charge in [-0.3, -0.25) is 4.98 Å². The van der Waals surface area contributed by atoms with E-state index in [0.29, 0.717) is 26.4 Å². The molecule has 1 aromatic heterocycles. The molecule has 0 radical (unpaired) electrons. The van der Waals surface area contributed by atoms with Gasteiger partial charge in [0.25, 0.3) is 0 Å². The van der Waals surface area contributed by atoms with Gasteiger partial charge in [-0.2, -0.15) is 0 Å². The van der Waals surface area contributed by atoms with Gasteiger partial charge in [-0.25, -0.2) is 0 Å². The van der Waals surface area contributed by atoms with E-state index >= 15 is 0 Å². The Balaban J connectivity index is 2.09. The van der Waals surface area contributed by atoms with Crippen LogP contribution in [0.3, 0.4) is 0 Å². The third-order valence-electron chi connectivity index (χ3n) is 2.13. The second-order valence-electron chi connectivity index (χ2n) is 3.49. The summed E-state index contributed by atoms with van der Waals surface area (Å²) in [5.41, 5.74) is 6.31. The molecule has 0 saturated heterocycles. The second-order valence-corrected chi connectivity index (χ2v) is 3.49. The average molecular weight is 240 g/mol. The van der Waals surface area contributed by atoms with Crippen molar-refractivity contribution in [2.45, 2.75) is 13.0 Å². The van der Waals surface area contributed by atoms with Crippen LogP contribution in [0.5, 0.6) is 5.75 Å². The summed E-state index contributed by atoms with van der Waals surface area (Å²) >= 11 is 0. The summed E-state index contributed by atoms with van der Waals surface area (Å²) < 4.78 is 15.8. The first kappa shape index (κ1) is 13.9. The number of ether oxygens (including phenoxy) is 3. The van der Waals surface area contributed by atoms with Crippen LogP contribution in [0.25, 0.3) is 0 Å². The normalized spacial score (nSPS) is 10.5. The van der Waals surface area contributed by atoms with E-state index in [-0.39, 0.29) is 0 Å². The van der Waals surface area contributed by atoms with E-state index in [1.54, 1.807) is 13.3 Å². The average Bonchev–Trinajstić information content (AvgIpc) is 2.38. The minimum absolute atomic E-state index is 0.421. The fraction of sp³-hybridized carbons (Fsp3) is 0.583. The summed E-state index contributed by atoms with van der Waals surface area (Å²) in [6.45, 7) is 2.95. The summed E-state index contributed by atoms with van der Waals surface area (Å²) in [7, 11) is 1.68. The molecule has 0 amide bonds. The number of rotatable bonds is 9. The number of methoxy groups -OCH3 is 1. The first-order valence-electron chi connectivity index (χ1n) is 5.71. The molecule has 1 aromatic rings. The van der Waals surface area contributed by atoms with Crippen molar-refractivity contribution >= 4 is 0 Å². The smallest absolute Gasteiger partial charge is 0.122 e. The highest BCUT2D eigenvalue weighted by Crippen LogP contribution is 2.10. The van der Waals surface area contributed by atoms with Gasteiger partial charge in [0.2, 0.25) is 0 Å². The van der Waals surface area contributed by atoms with Crippen LogP contribution in [0.1, 0.15) is 12.1 Å². The lowest BCUT2D eigenvalue weighted by Crippen LogP contribution is -2.09. The molecule has 96 valence electrons. The second kappa shape index (κ2) is 8.92. The minimum Gasteiger partial charge on any atom is -0.491 e. The van der Waals surface area contributed by atoms with Crippen molar-refractivity contribution in [3.05, 3.63) is 24.0 Å². The maximum atomic E-state index is 5.50. The van der Waals surface area contributed by atoms with E-state index in [1.165, 1.54) is 0 Å². The van der Waals surface area contributed by atoms with Crippen LogP contribution in [0.2, 0.25) is 0 Å².